The van der Waals surface area contributed by atoms with Crippen molar-refractivity contribution in [2.45, 2.75) is 0 Å². The molecule has 2 aromatic rings. The Balaban J connectivity index is 1.96. The lowest BCUT2D eigenvalue weighted by molar-refractivity contribution is -0.385. The van der Waals surface area contributed by atoms with E-state index < -0.39 is 16.5 Å². The number of nitrogens with zero attached hydrogens (tertiary/aromatic N) is 2. The van der Waals surface area contributed by atoms with E-state index in [0.717, 1.165) is 6.07 Å². The Labute approximate surface area is 166 Å². The van der Waals surface area contributed by atoms with Crippen LogP contribution in [0, 0.1) is 10.1 Å². The van der Waals surface area contributed by atoms with Crippen molar-refractivity contribution in [3.63, 3.8) is 0 Å². The highest BCUT2D eigenvalue weighted by Crippen LogP contribution is 2.35. The van der Waals surface area contributed by atoms with E-state index in [-0.39, 0.29) is 23.0 Å². The van der Waals surface area contributed by atoms with Gasteiger partial charge in [0.15, 0.2) is 11.5 Å². The van der Waals surface area contributed by atoms with E-state index in [1.165, 1.54) is 31.3 Å². The van der Waals surface area contributed by atoms with Crippen LogP contribution in [0.1, 0.15) is 20.7 Å². The van der Waals surface area contributed by atoms with Gasteiger partial charge in [0, 0.05) is 18.8 Å². The molecule has 0 bridgehead atoms. The molecule has 0 aromatic heterocycles. The Kier molecular flexibility index (Phi) is 5.53. The summed E-state index contributed by atoms with van der Waals surface area (Å²) in [5.74, 6) is -0.255. The lowest BCUT2D eigenvalue weighted by Crippen LogP contribution is -2.27. The van der Waals surface area contributed by atoms with Crippen molar-refractivity contribution in [2.75, 3.05) is 39.7 Å². The second-order valence-corrected chi connectivity index (χ2v) is 6.22. The number of hydrogen-bond acceptors (Lipinski definition) is 7. The second kappa shape index (κ2) is 8.05. The monoisotopic (exact) mass is 401 g/mol. The number of nitro groups is 1. The number of likely N-dealkylation sites (N-methyl/N-ethyl adjacent to an activating group) is 1. The van der Waals surface area contributed by atoms with Gasteiger partial charge in [0.25, 0.3) is 17.5 Å². The quantitative estimate of drug-likeness (QED) is 0.603. The van der Waals surface area contributed by atoms with Gasteiger partial charge in [-0.25, -0.2) is 0 Å². The molecule has 2 amide bonds. The van der Waals surface area contributed by atoms with Crippen molar-refractivity contribution < 1.29 is 28.7 Å². The third-order valence-corrected chi connectivity index (χ3v) is 4.44. The van der Waals surface area contributed by atoms with Gasteiger partial charge >= 0.3 is 0 Å². The minimum absolute atomic E-state index is 0.131. The molecule has 0 spiro atoms. The zero-order valence-electron chi connectivity index (χ0n) is 16.1. The zero-order chi connectivity index (χ0) is 21.1. The number of methoxy groups -OCH3 is 2. The zero-order valence-corrected chi connectivity index (χ0v) is 16.1. The highest BCUT2D eigenvalue weighted by Gasteiger charge is 2.26. The first-order valence-electron chi connectivity index (χ1n) is 8.59. The number of rotatable bonds is 5. The molecular formula is C19H19N3O7. The fourth-order valence-electron chi connectivity index (χ4n) is 2.90. The van der Waals surface area contributed by atoms with Crippen LogP contribution in [0.3, 0.4) is 0 Å². The van der Waals surface area contributed by atoms with Crippen molar-refractivity contribution in [1.82, 2.24) is 4.90 Å². The van der Waals surface area contributed by atoms with Gasteiger partial charge in [-0.1, -0.05) is 0 Å². The molecule has 1 aliphatic rings. The maximum absolute atomic E-state index is 12.8. The number of anilines is 1. The molecule has 0 aliphatic carbocycles. The van der Waals surface area contributed by atoms with Gasteiger partial charge in [-0.2, -0.15) is 0 Å². The number of benzene rings is 2. The molecule has 1 heterocycles. The van der Waals surface area contributed by atoms with Gasteiger partial charge in [-0.3, -0.25) is 19.7 Å². The minimum Gasteiger partial charge on any atom is -0.493 e. The van der Waals surface area contributed by atoms with Gasteiger partial charge in [-0.15, -0.1) is 0 Å². The molecule has 0 saturated heterocycles. The number of hydrogen-bond donors (Lipinski definition) is 1. The Hall–Kier alpha value is -3.82. The third-order valence-electron chi connectivity index (χ3n) is 4.44. The summed E-state index contributed by atoms with van der Waals surface area (Å²) in [7, 11) is 4.35. The van der Waals surface area contributed by atoms with E-state index >= 15 is 0 Å². The summed E-state index contributed by atoms with van der Waals surface area (Å²) in [4.78, 5) is 37.5. The largest absolute Gasteiger partial charge is 0.493 e. The fraction of sp³-hybridized carbons (Fsp3) is 0.263. The van der Waals surface area contributed by atoms with Crippen LogP contribution in [0.4, 0.5) is 11.4 Å². The van der Waals surface area contributed by atoms with Crippen LogP contribution in [0.2, 0.25) is 0 Å². The molecule has 10 nitrogen and oxygen atoms in total. The van der Waals surface area contributed by atoms with Gasteiger partial charge in [-0.05, 0) is 18.2 Å². The number of nitrogens with one attached hydrogen (secondary N) is 1. The summed E-state index contributed by atoms with van der Waals surface area (Å²) < 4.78 is 15.7. The summed E-state index contributed by atoms with van der Waals surface area (Å²) in [6.07, 6.45) is 0. The Morgan fingerprint density at radius 2 is 1.90 bits per heavy atom. The first-order valence-corrected chi connectivity index (χ1v) is 8.59. The average Bonchev–Trinajstić information content (AvgIpc) is 2.85. The van der Waals surface area contributed by atoms with E-state index in [0.29, 0.717) is 30.2 Å². The summed E-state index contributed by atoms with van der Waals surface area (Å²) in [5, 5.41) is 14.0. The molecule has 0 unspecified atom stereocenters. The van der Waals surface area contributed by atoms with E-state index in [1.54, 1.807) is 19.2 Å². The molecule has 0 atom stereocenters. The molecule has 29 heavy (non-hydrogen) atoms. The van der Waals surface area contributed by atoms with Crippen molar-refractivity contribution in [3.05, 3.63) is 51.6 Å². The van der Waals surface area contributed by atoms with Crippen molar-refractivity contribution >= 4 is 23.2 Å². The maximum Gasteiger partial charge on any atom is 0.286 e. The number of amides is 2. The molecule has 0 fully saturated rings. The molecule has 1 N–H and O–H groups in total. The summed E-state index contributed by atoms with van der Waals surface area (Å²) in [5.41, 5.74) is -0.0500. The first-order chi connectivity index (χ1) is 13.8. The van der Waals surface area contributed by atoms with Crippen LogP contribution in [0.15, 0.2) is 30.3 Å². The molecular weight excluding hydrogens is 382 g/mol. The van der Waals surface area contributed by atoms with E-state index in [9.17, 15) is 19.7 Å². The topological polar surface area (TPSA) is 120 Å². The van der Waals surface area contributed by atoms with E-state index in [1.807, 2.05) is 0 Å². The molecule has 1 aliphatic heterocycles. The normalized spacial score (nSPS) is 13.1. The number of carbonyl (C=O) groups excluding carboxylic acids is 2. The number of ether oxygens (including phenoxy) is 3. The van der Waals surface area contributed by atoms with Crippen LogP contribution < -0.4 is 19.5 Å². The fourth-order valence-corrected chi connectivity index (χ4v) is 2.90. The van der Waals surface area contributed by atoms with E-state index in [4.69, 9.17) is 14.2 Å². The van der Waals surface area contributed by atoms with E-state index in [2.05, 4.69) is 5.32 Å². The minimum atomic E-state index is -0.729. The average molecular weight is 401 g/mol. The first kappa shape index (κ1) is 19.9. The lowest BCUT2D eigenvalue weighted by Gasteiger charge is -2.14. The van der Waals surface area contributed by atoms with Crippen LogP contribution in [0.5, 0.6) is 17.2 Å². The van der Waals surface area contributed by atoms with Gasteiger partial charge in [0.2, 0.25) is 0 Å². The Morgan fingerprint density at radius 3 is 2.55 bits per heavy atom. The Bertz CT molecular complexity index is 990. The molecule has 0 radical (unpaired) electrons. The van der Waals surface area contributed by atoms with Gasteiger partial charge in [0.1, 0.15) is 17.9 Å². The SMILES string of the molecule is COc1cc(C(=O)Nc2ccc3c(c2)C(=O)N(C)CCO3)c([N+](=O)[O-])cc1OC. The standard InChI is InChI=1S/C19H19N3O7/c1-21-6-7-29-15-5-4-11(8-13(15)19(21)24)20-18(23)12-9-16(27-2)17(28-3)10-14(12)22(25)26/h4-5,8-10H,6-7H2,1-3H3,(H,20,23). The maximum atomic E-state index is 12.8. The van der Waals surface area contributed by atoms with Crippen molar-refractivity contribution in [1.29, 1.82) is 0 Å². The van der Waals surface area contributed by atoms with Crippen molar-refractivity contribution in [2.24, 2.45) is 0 Å². The number of nitro benzene ring substituents is 1. The van der Waals surface area contributed by atoms with Crippen LogP contribution in [-0.2, 0) is 0 Å². The molecule has 3 rings (SSSR count). The second-order valence-electron chi connectivity index (χ2n) is 6.22. The predicted octanol–water partition coefficient (Wildman–Crippen LogP) is 2.33. The molecule has 0 saturated carbocycles. The van der Waals surface area contributed by atoms with Gasteiger partial charge in [0.05, 0.1) is 37.3 Å². The highest BCUT2D eigenvalue weighted by atomic mass is 16.6. The Morgan fingerprint density at radius 1 is 1.21 bits per heavy atom. The van der Waals surface area contributed by atoms with Crippen LogP contribution in [0.25, 0.3) is 0 Å². The molecule has 2 aromatic carbocycles. The third kappa shape index (κ3) is 3.91. The summed E-state index contributed by atoms with van der Waals surface area (Å²) in [6, 6.07) is 6.96. The van der Waals surface area contributed by atoms with Crippen LogP contribution in [-0.4, -0.2) is 56.1 Å². The molecule has 152 valence electrons. The number of fused-ring (bicyclic) bond motifs is 1. The summed E-state index contributed by atoms with van der Waals surface area (Å²) >= 11 is 0. The smallest absolute Gasteiger partial charge is 0.286 e. The molecule has 10 heteroatoms. The van der Waals surface area contributed by atoms with Gasteiger partial charge < -0.3 is 24.4 Å². The van der Waals surface area contributed by atoms with Crippen LogP contribution >= 0.6 is 0 Å². The highest BCUT2D eigenvalue weighted by molar-refractivity contribution is 6.08. The lowest BCUT2D eigenvalue weighted by atomic mass is 10.1. The number of carbonyl (C=O) groups is 2. The van der Waals surface area contributed by atoms with Crippen molar-refractivity contribution in [3.8, 4) is 17.2 Å². The summed E-state index contributed by atoms with van der Waals surface area (Å²) in [6.45, 7) is 0.797. The predicted molar refractivity (Wildman–Crippen MR) is 103 cm³/mol.